The molecule has 0 radical (unpaired) electrons. The van der Waals surface area contributed by atoms with Crippen LogP contribution >= 0.6 is 12.6 Å². The predicted molar refractivity (Wildman–Crippen MR) is 83.3 cm³/mol. The van der Waals surface area contributed by atoms with Crippen molar-refractivity contribution in [1.82, 2.24) is 19.5 Å². The van der Waals surface area contributed by atoms with Gasteiger partial charge in [-0.15, -0.1) is 0 Å². The number of ether oxygens (including phenoxy) is 1. The Balaban J connectivity index is 1.92. The van der Waals surface area contributed by atoms with Crippen LogP contribution in [0.4, 0.5) is 5.82 Å². The fourth-order valence-electron chi connectivity index (χ4n) is 2.75. The number of aliphatic hydroxyl groups excluding tert-OH is 2. The summed E-state index contributed by atoms with van der Waals surface area (Å²) in [6.07, 6.45) is 1.32. The lowest BCUT2D eigenvalue weighted by molar-refractivity contribution is -0.0833. The van der Waals surface area contributed by atoms with Crippen molar-refractivity contribution in [3.63, 3.8) is 0 Å². The third kappa shape index (κ3) is 2.43. The number of hydrogen-bond donors (Lipinski definition) is 4. The van der Waals surface area contributed by atoms with Crippen molar-refractivity contribution in [3.05, 3.63) is 12.7 Å². The molecule has 120 valence electrons. The van der Waals surface area contributed by atoms with Crippen LogP contribution in [0.3, 0.4) is 0 Å². The Hall–Kier alpha value is -1.42. The molecule has 0 aromatic carbocycles. The van der Waals surface area contributed by atoms with E-state index in [1.54, 1.807) is 4.57 Å². The van der Waals surface area contributed by atoms with E-state index in [1.807, 2.05) is 6.92 Å². The number of imidazole rings is 1. The molecule has 0 aliphatic carbocycles. The average Bonchev–Trinajstić information content (AvgIpc) is 3.03. The average molecular weight is 325 g/mol. The number of hydrogen-bond acceptors (Lipinski definition) is 8. The molecule has 0 amide bonds. The first-order valence-corrected chi connectivity index (χ1v) is 7.69. The summed E-state index contributed by atoms with van der Waals surface area (Å²) in [5, 5.41) is 19.9. The number of anilines is 1. The third-order valence-corrected chi connectivity index (χ3v) is 4.46. The smallest absolute Gasteiger partial charge is 0.167 e. The van der Waals surface area contributed by atoms with Gasteiger partial charge in [-0.1, -0.05) is 13.3 Å². The van der Waals surface area contributed by atoms with Crippen LogP contribution in [-0.4, -0.2) is 53.3 Å². The van der Waals surface area contributed by atoms with Gasteiger partial charge in [-0.2, -0.15) is 12.6 Å². The van der Waals surface area contributed by atoms with Gasteiger partial charge in [-0.05, 0) is 6.42 Å². The Morgan fingerprint density at radius 1 is 1.45 bits per heavy atom. The van der Waals surface area contributed by atoms with Crippen LogP contribution in [-0.2, 0) is 4.74 Å². The quantitative estimate of drug-likeness (QED) is 0.590. The van der Waals surface area contributed by atoms with Crippen molar-refractivity contribution in [2.45, 2.75) is 49.6 Å². The van der Waals surface area contributed by atoms with Crippen LogP contribution in [0.5, 0.6) is 0 Å². The number of nitrogen functional groups attached to an aromatic ring is 1. The maximum Gasteiger partial charge on any atom is 0.167 e. The van der Waals surface area contributed by atoms with Crippen molar-refractivity contribution < 1.29 is 14.9 Å². The lowest BCUT2D eigenvalue weighted by Gasteiger charge is -2.20. The molecule has 0 saturated carbocycles. The summed E-state index contributed by atoms with van der Waals surface area (Å²) in [5.41, 5.74) is 6.75. The van der Waals surface area contributed by atoms with Gasteiger partial charge in [0.2, 0.25) is 0 Å². The zero-order valence-electron chi connectivity index (χ0n) is 12.1. The van der Waals surface area contributed by atoms with Gasteiger partial charge in [0.05, 0.1) is 23.8 Å². The van der Waals surface area contributed by atoms with Crippen molar-refractivity contribution in [2.24, 2.45) is 0 Å². The Morgan fingerprint density at radius 3 is 2.95 bits per heavy atom. The molecular formula is C13H19N5O3S. The van der Waals surface area contributed by atoms with Crippen LogP contribution in [0.15, 0.2) is 12.7 Å². The summed E-state index contributed by atoms with van der Waals surface area (Å²) in [5.74, 6) is 0.278. The number of fused-ring (bicyclic) bond motifs is 1. The topological polar surface area (TPSA) is 119 Å². The summed E-state index contributed by atoms with van der Waals surface area (Å²) >= 11 is 4.43. The Labute approximate surface area is 132 Å². The zero-order chi connectivity index (χ0) is 15.9. The Kier molecular flexibility index (Phi) is 4.22. The van der Waals surface area contributed by atoms with E-state index in [9.17, 15) is 10.2 Å². The molecule has 1 unspecified atom stereocenters. The van der Waals surface area contributed by atoms with Crippen LogP contribution in [0.2, 0.25) is 0 Å². The molecule has 1 aliphatic rings. The number of nitrogens with two attached hydrogens (primary N) is 1. The molecule has 0 spiro atoms. The van der Waals surface area contributed by atoms with Gasteiger partial charge in [0.1, 0.15) is 17.9 Å². The highest BCUT2D eigenvalue weighted by Gasteiger charge is 2.46. The third-order valence-electron chi connectivity index (χ3n) is 3.90. The summed E-state index contributed by atoms with van der Waals surface area (Å²) in [6, 6.07) is 0. The molecule has 2 aromatic heterocycles. The second-order valence-corrected chi connectivity index (χ2v) is 6.01. The molecule has 2 aromatic rings. The van der Waals surface area contributed by atoms with E-state index in [0.29, 0.717) is 17.6 Å². The van der Waals surface area contributed by atoms with Gasteiger partial charge < -0.3 is 20.7 Å². The molecule has 1 saturated heterocycles. The maximum atomic E-state index is 10.3. The number of rotatable bonds is 4. The minimum atomic E-state index is -0.883. The minimum absolute atomic E-state index is 0.278. The molecule has 4 N–H and O–H groups in total. The van der Waals surface area contributed by atoms with Gasteiger partial charge in [0, 0.05) is 0 Å². The maximum absolute atomic E-state index is 10.3. The van der Waals surface area contributed by atoms with Crippen LogP contribution < -0.4 is 5.73 Å². The highest BCUT2D eigenvalue weighted by molar-refractivity contribution is 7.81. The minimum Gasteiger partial charge on any atom is -0.390 e. The highest BCUT2D eigenvalue weighted by atomic mass is 32.1. The highest BCUT2D eigenvalue weighted by Crippen LogP contribution is 2.36. The van der Waals surface area contributed by atoms with Gasteiger partial charge >= 0.3 is 0 Å². The second kappa shape index (κ2) is 5.99. The Bertz CT molecular complexity index is 666. The normalized spacial score (nSPS) is 30.0. The van der Waals surface area contributed by atoms with E-state index in [2.05, 4.69) is 27.6 Å². The summed E-state index contributed by atoms with van der Waals surface area (Å²) in [7, 11) is 0. The fourth-order valence-corrected chi connectivity index (χ4v) is 3.13. The number of thiol groups is 1. The monoisotopic (exact) mass is 325 g/mol. The van der Waals surface area contributed by atoms with E-state index in [-0.39, 0.29) is 5.82 Å². The summed E-state index contributed by atoms with van der Waals surface area (Å²) in [6.45, 7) is 1.96. The van der Waals surface area contributed by atoms with Crippen molar-refractivity contribution >= 4 is 29.6 Å². The van der Waals surface area contributed by atoms with Crippen LogP contribution in [0, 0.1) is 0 Å². The van der Waals surface area contributed by atoms with Gasteiger partial charge in [0.25, 0.3) is 0 Å². The number of aromatic nitrogens is 4. The largest absolute Gasteiger partial charge is 0.390 e. The molecule has 3 rings (SSSR count). The molecule has 1 aliphatic heterocycles. The van der Waals surface area contributed by atoms with Crippen molar-refractivity contribution in [3.8, 4) is 0 Å². The van der Waals surface area contributed by atoms with E-state index in [0.717, 1.165) is 6.42 Å². The van der Waals surface area contributed by atoms with E-state index in [4.69, 9.17) is 10.5 Å². The molecule has 5 atom stereocenters. The van der Waals surface area contributed by atoms with Crippen molar-refractivity contribution in [1.29, 1.82) is 0 Å². The van der Waals surface area contributed by atoms with E-state index < -0.39 is 29.8 Å². The molecular weight excluding hydrogens is 306 g/mol. The fraction of sp³-hybridized carbons (Fsp3) is 0.615. The molecule has 9 heteroatoms. The Morgan fingerprint density at radius 2 is 2.23 bits per heavy atom. The zero-order valence-corrected chi connectivity index (χ0v) is 13.0. The SMILES string of the molecule is CCCC(O)[C@H]1O[C@@H](n2cnc3c(N)ncnc32)[C@H](S)[C@@H]1O. The van der Waals surface area contributed by atoms with Crippen LogP contribution in [0.1, 0.15) is 26.0 Å². The molecule has 3 heterocycles. The first kappa shape index (κ1) is 15.5. The molecule has 8 nitrogen and oxygen atoms in total. The van der Waals surface area contributed by atoms with Gasteiger partial charge in [-0.3, -0.25) is 4.57 Å². The molecule has 1 fully saturated rings. The van der Waals surface area contributed by atoms with Crippen LogP contribution in [0.25, 0.3) is 11.2 Å². The number of aliphatic hydroxyl groups is 2. The van der Waals surface area contributed by atoms with Gasteiger partial charge in [-0.25, -0.2) is 15.0 Å². The summed E-state index contributed by atoms with van der Waals surface area (Å²) in [4.78, 5) is 12.2. The lowest BCUT2D eigenvalue weighted by atomic mass is 10.0. The second-order valence-electron chi connectivity index (χ2n) is 5.41. The van der Waals surface area contributed by atoms with Crippen molar-refractivity contribution in [2.75, 3.05) is 5.73 Å². The molecule has 22 heavy (non-hydrogen) atoms. The first-order valence-electron chi connectivity index (χ1n) is 7.17. The van der Waals surface area contributed by atoms with E-state index in [1.165, 1.54) is 12.7 Å². The van der Waals surface area contributed by atoms with E-state index >= 15 is 0 Å². The first-order chi connectivity index (χ1) is 10.5. The molecule has 0 bridgehead atoms. The number of nitrogens with zero attached hydrogens (tertiary/aromatic N) is 4. The standard InChI is InChI=1S/C13H19N5O3S/c1-2-3-6(19)9-8(20)10(22)13(21-9)18-5-17-7-11(14)15-4-16-12(7)18/h4-6,8-10,13,19-20,22H,2-3H2,1H3,(H2,14,15,16)/t6?,8-,9-,10-,13-/m1/s1. The lowest BCUT2D eigenvalue weighted by Crippen LogP contribution is -2.37. The predicted octanol–water partition coefficient (Wildman–Crippen LogP) is 0.126. The summed E-state index contributed by atoms with van der Waals surface area (Å²) < 4.78 is 7.50. The van der Waals surface area contributed by atoms with Gasteiger partial charge in [0.15, 0.2) is 17.7 Å².